The molecule has 26 heavy (non-hydrogen) atoms. The molecule has 7 nitrogen and oxygen atoms in total. The third-order valence-corrected chi connectivity index (χ3v) is 5.97. The maximum Gasteiger partial charge on any atom is 0.270 e. The van der Waals surface area contributed by atoms with Crippen molar-refractivity contribution in [3.63, 3.8) is 0 Å². The molecular formula is C18H23N3O4S. The fourth-order valence-corrected chi connectivity index (χ4v) is 4.01. The van der Waals surface area contributed by atoms with Gasteiger partial charge in [-0.1, -0.05) is 6.07 Å². The van der Waals surface area contributed by atoms with E-state index in [4.69, 9.17) is 4.74 Å². The average Bonchev–Trinajstić information content (AvgIpc) is 3.04. The molecule has 1 aliphatic rings. The highest BCUT2D eigenvalue weighted by Gasteiger charge is 2.28. The van der Waals surface area contributed by atoms with E-state index in [0.717, 1.165) is 11.1 Å². The number of carbonyl (C=O) groups excluding carboxylic acids is 1. The summed E-state index contributed by atoms with van der Waals surface area (Å²) in [6.45, 7) is 5.93. The number of hydrogen-bond donors (Lipinski definition) is 1. The topological polar surface area (TPSA) is 80.6 Å². The number of nitrogens with zero attached hydrogens (tertiary/aromatic N) is 2. The van der Waals surface area contributed by atoms with E-state index in [-0.39, 0.29) is 10.8 Å². The van der Waals surface area contributed by atoms with Crippen LogP contribution in [-0.2, 0) is 21.3 Å². The summed E-state index contributed by atoms with van der Waals surface area (Å²) in [6, 6.07) is 6.83. The maximum absolute atomic E-state index is 12.7. The molecule has 1 N–H and O–H groups in total. The normalized spacial score (nSPS) is 14.4. The summed E-state index contributed by atoms with van der Waals surface area (Å²) in [5.41, 5.74) is 2.98. The molecule has 0 saturated carbocycles. The molecule has 0 saturated heterocycles. The number of aryl methyl sites for hydroxylation is 2. The molecule has 1 amide bonds. The Balaban J connectivity index is 1.84. The van der Waals surface area contributed by atoms with Gasteiger partial charge in [0.25, 0.3) is 15.9 Å². The first-order valence-corrected chi connectivity index (χ1v) is 9.88. The number of carbonyl (C=O) groups is 1. The van der Waals surface area contributed by atoms with Gasteiger partial charge in [0.05, 0.1) is 6.61 Å². The van der Waals surface area contributed by atoms with Crippen molar-refractivity contribution in [3.8, 4) is 0 Å². The lowest BCUT2D eigenvalue weighted by atomic mass is 10.1. The Labute approximate surface area is 153 Å². The van der Waals surface area contributed by atoms with Crippen molar-refractivity contribution < 1.29 is 17.9 Å². The van der Waals surface area contributed by atoms with Crippen LogP contribution in [0.25, 0.3) is 0 Å². The zero-order valence-electron chi connectivity index (χ0n) is 15.2. The molecule has 0 fully saturated rings. The first-order valence-electron chi connectivity index (χ1n) is 8.40. The highest BCUT2D eigenvalue weighted by molar-refractivity contribution is 7.92. The lowest BCUT2D eigenvalue weighted by molar-refractivity contribution is 0.0641. The summed E-state index contributed by atoms with van der Waals surface area (Å²) in [4.78, 5) is 14.3. The Bertz CT molecular complexity index is 934. The minimum absolute atomic E-state index is 0.0904. The summed E-state index contributed by atoms with van der Waals surface area (Å²) in [5, 5.41) is 0. The Kier molecular flexibility index (Phi) is 5.06. The largest absolute Gasteiger partial charge is 0.383 e. The van der Waals surface area contributed by atoms with Gasteiger partial charge in [0, 0.05) is 38.6 Å². The number of fused-ring (bicyclic) bond motifs is 1. The molecule has 3 rings (SSSR count). The zero-order valence-corrected chi connectivity index (χ0v) is 16.0. The minimum Gasteiger partial charge on any atom is -0.383 e. The van der Waals surface area contributed by atoms with Gasteiger partial charge in [-0.2, -0.15) is 0 Å². The number of hydrogen-bond acceptors (Lipinski definition) is 4. The monoisotopic (exact) mass is 377 g/mol. The van der Waals surface area contributed by atoms with Crippen LogP contribution in [0.2, 0.25) is 0 Å². The van der Waals surface area contributed by atoms with Gasteiger partial charge in [0.1, 0.15) is 10.6 Å². The van der Waals surface area contributed by atoms with Crippen LogP contribution in [0.15, 0.2) is 35.4 Å². The number of sulfonamides is 1. The average molecular weight is 377 g/mol. The van der Waals surface area contributed by atoms with Gasteiger partial charge < -0.3 is 14.2 Å². The van der Waals surface area contributed by atoms with E-state index < -0.39 is 10.0 Å². The third kappa shape index (κ3) is 3.61. The van der Waals surface area contributed by atoms with Gasteiger partial charge in [0.2, 0.25) is 0 Å². The summed E-state index contributed by atoms with van der Waals surface area (Å²) in [7, 11) is -2.18. The molecule has 140 valence electrons. The molecule has 1 aliphatic heterocycles. The SMILES string of the molecule is COCCN1CCn2cc(S(=O)(=O)Nc3ccc(C)c(C)c3)cc2C1=O. The van der Waals surface area contributed by atoms with Crippen LogP contribution in [-0.4, -0.2) is 50.6 Å². The van der Waals surface area contributed by atoms with E-state index in [1.807, 2.05) is 19.9 Å². The van der Waals surface area contributed by atoms with Crippen molar-refractivity contribution in [3.05, 3.63) is 47.3 Å². The maximum atomic E-state index is 12.7. The highest BCUT2D eigenvalue weighted by Crippen LogP contribution is 2.23. The molecule has 0 aliphatic carbocycles. The van der Waals surface area contributed by atoms with E-state index in [1.165, 1.54) is 12.3 Å². The van der Waals surface area contributed by atoms with Gasteiger partial charge in [0.15, 0.2) is 0 Å². The van der Waals surface area contributed by atoms with E-state index in [1.54, 1.807) is 28.7 Å². The lowest BCUT2D eigenvalue weighted by Crippen LogP contribution is -2.41. The van der Waals surface area contributed by atoms with Crippen LogP contribution in [0.5, 0.6) is 0 Å². The van der Waals surface area contributed by atoms with Crippen LogP contribution in [0, 0.1) is 13.8 Å². The molecule has 0 bridgehead atoms. The Morgan fingerprint density at radius 1 is 1.15 bits per heavy atom. The molecule has 2 aromatic rings. The van der Waals surface area contributed by atoms with Crippen LogP contribution in [0.1, 0.15) is 21.6 Å². The molecule has 1 aromatic carbocycles. The van der Waals surface area contributed by atoms with Gasteiger partial charge in [-0.15, -0.1) is 0 Å². The van der Waals surface area contributed by atoms with Crippen LogP contribution < -0.4 is 4.72 Å². The molecule has 8 heteroatoms. The number of ether oxygens (including phenoxy) is 1. The third-order valence-electron chi connectivity index (χ3n) is 4.62. The number of nitrogens with one attached hydrogen (secondary N) is 1. The molecular weight excluding hydrogens is 354 g/mol. The van der Waals surface area contributed by atoms with Crippen molar-refractivity contribution in [1.29, 1.82) is 0 Å². The first kappa shape index (κ1) is 18.5. The summed E-state index contributed by atoms with van der Waals surface area (Å²) in [6.07, 6.45) is 1.52. The van der Waals surface area contributed by atoms with Gasteiger partial charge in [-0.25, -0.2) is 8.42 Å². The predicted octanol–water partition coefficient (Wildman–Crippen LogP) is 2.01. The number of anilines is 1. The summed E-state index contributed by atoms with van der Waals surface area (Å²) >= 11 is 0. The van der Waals surface area contributed by atoms with E-state index >= 15 is 0 Å². The Morgan fingerprint density at radius 2 is 1.92 bits per heavy atom. The second-order valence-corrected chi connectivity index (χ2v) is 8.13. The summed E-state index contributed by atoms with van der Waals surface area (Å²) < 4.78 is 34.7. The minimum atomic E-state index is -3.76. The second-order valence-electron chi connectivity index (χ2n) is 6.44. The van der Waals surface area contributed by atoms with E-state index in [0.29, 0.717) is 37.6 Å². The zero-order chi connectivity index (χ0) is 18.9. The Hall–Kier alpha value is -2.32. The van der Waals surface area contributed by atoms with Gasteiger partial charge in [-0.3, -0.25) is 9.52 Å². The molecule has 0 unspecified atom stereocenters. The fraction of sp³-hybridized carbons (Fsp3) is 0.389. The van der Waals surface area contributed by atoms with Crippen LogP contribution >= 0.6 is 0 Å². The van der Waals surface area contributed by atoms with Crippen molar-refractivity contribution >= 4 is 21.6 Å². The van der Waals surface area contributed by atoms with Crippen LogP contribution in [0.4, 0.5) is 5.69 Å². The summed E-state index contributed by atoms with van der Waals surface area (Å²) in [5.74, 6) is -0.180. The van der Waals surface area contributed by atoms with E-state index in [2.05, 4.69) is 4.72 Å². The molecule has 0 spiro atoms. The Morgan fingerprint density at radius 3 is 2.62 bits per heavy atom. The molecule has 0 radical (unpaired) electrons. The first-order chi connectivity index (χ1) is 12.3. The van der Waals surface area contributed by atoms with Crippen LogP contribution in [0.3, 0.4) is 0 Å². The number of benzene rings is 1. The van der Waals surface area contributed by atoms with Crippen molar-refractivity contribution in [1.82, 2.24) is 9.47 Å². The number of aromatic nitrogens is 1. The molecule has 2 heterocycles. The second kappa shape index (κ2) is 7.13. The molecule has 1 aromatic heterocycles. The van der Waals surface area contributed by atoms with Gasteiger partial charge >= 0.3 is 0 Å². The predicted molar refractivity (Wildman–Crippen MR) is 98.9 cm³/mol. The number of amides is 1. The van der Waals surface area contributed by atoms with Gasteiger partial charge in [-0.05, 0) is 43.2 Å². The number of rotatable bonds is 6. The van der Waals surface area contributed by atoms with E-state index in [9.17, 15) is 13.2 Å². The quantitative estimate of drug-likeness (QED) is 0.835. The lowest BCUT2D eigenvalue weighted by Gasteiger charge is -2.27. The standard InChI is InChI=1S/C18H23N3O4S/c1-13-4-5-15(10-14(13)2)19-26(23,24)16-11-17-18(22)20(8-9-25-3)6-7-21(17)12-16/h4-5,10-12,19H,6-9H2,1-3H3. The van der Waals surface area contributed by atoms with Crippen molar-refractivity contribution in [2.75, 3.05) is 31.5 Å². The van der Waals surface area contributed by atoms with Crippen molar-refractivity contribution in [2.24, 2.45) is 0 Å². The fourth-order valence-electron chi connectivity index (χ4n) is 2.92. The highest BCUT2D eigenvalue weighted by atomic mass is 32.2. The van der Waals surface area contributed by atoms with Crippen molar-refractivity contribution in [2.45, 2.75) is 25.3 Å². The number of methoxy groups -OCH3 is 1. The smallest absolute Gasteiger partial charge is 0.270 e. The molecule has 0 atom stereocenters.